The van der Waals surface area contributed by atoms with Gasteiger partial charge >= 0.3 is 5.63 Å². The van der Waals surface area contributed by atoms with Crippen molar-refractivity contribution in [1.82, 2.24) is 4.98 Å². The number of nitrogens with zero attached hydrogens (tertiary/aromatic N) is 2. The number of phenols is 1. The fourth-order valence-electron chi connectivity index (χ4n) is 4.28. The Morgan fingerprint density at radius 3 is 2.74 bits per heavy atom. The molecule has 0 bridgehead atoms. The summed E-state index contributed by atoms with van der Waals surface area (Å²) < 4.78 is 30.5. The molecule has 3 heterocycles. The highest BCUT2D eigenvalue weighted by atomic mass is 19.1. The summed E-state index contributed by atoms with van der Waals surface area (Å²) in [5, 5.41) is 20.2. The maximum atomic E-state index is 13.8. The number of nitrogens with two attached hydrogens (primary N) is 1. The van der Waals surface area contributed by atoms with Crippen LogP contribution in [0.5, 0.6) is 17.2 Å². The highest BCUT2D eigenvalue weighted by molar-refractivity contribution is 5.87. The van der Waals surface area contributed by atoms with Crippen LogP contribution in [-0.2, 0) is 0 Å². The number of hydrogen-bond acceptors (Lipinski definition) is 8. The van der Waals surface area contributed by atoms with Gasteiger partial charge in [-0.2, -0.15) is 9.65 Å². The van der Waals surface area contributed by atoms with Gasteiger partial charge in [0, 0.05) is 22.9 Å². The number of aromatic hydroxyl groups is 1. The largest absolute Gasteiger partial charge is 0.508 e. The third kappa shape index (κ3) is 3.52. The lowest BCUT2D eigenvalue weighted by Gasteiger charge is -2.26. The van der Waals surface area contributed by atoms with Crippen molar-refractivity contribution in [2.75, 3.05) is 7.11 Å². The molecule has 1 aliphatic rings. The molecule has 1 atom stereocenters. The van der Waals surface area contributed by atoms with Gasteiger partial charge in [-0.05, 0) is 48.9 Å². The first-order valence-corrected chi connectivity index (χ1v) is 10.5. The molecule has 0 aliphatic carbocycles. The molecule has 8 nitrogen and oxygen atoms in total. The number of ether oxygens (including phenoxy) is 2. The summed E-state index contributed by atoms with van der Waals surface area (Å²) in [6.07, 6.45) is 1.38. The normalized spacial score (nSPS) is 14.9. The van der Waals surface area contributed by atoms with Crippen LogP contribution in [-0.4, -0.2) is 17.2 Å². The van der Waals surface area contributed by atoms with Crippen molar-refractivity contribution in [3.05, 3.63) is 93.2 Å². The van der Waals surface area contributed by atoms with Crippen molar-refractivity contribution < 1.29 is 23.4 Å². The molecule has 3 N–H and O–H groups in total. The quantitative estimate of drug-likeness (QED) is 0.335. The average Bonchev–Trinajstić information content (AvgIpc) is 2.85. The number of phenolic OH excluding ortho intramolecular Hbond substituents is 1. The monoisotopic (exact) mass is 471 g/mol. The molecule has 0 amide bonds. The van der Waals surface area contributed by atoms with E-state index in [0.717, 1.165) is 0 Å². The van der Waals surface area contributed by atoms with E-state index < -0.39 is 17.5 Å². The second kappa shape index (κ2) is 8.18. The fourth-order valence-corrected chi connectivity index (χ4v) is 4.28. The van der Waals surface area contributed by atoms with Gasteiger partial charge in [-0.25, -0.2) is 9.78 Å². The Hall–Kier alpha value is -4.84. The van der Waals surface area contributed by atoms with Crippen molar-refractivity contribution in [3.63, 3.8) is 0 Å². The Labute approximate surface area is 198 Å². The van der Waals surface area contributed by atoms with E-state index in [2.05, 4.69) is 4.98 Å². The van der Waals surface area contributed by atoms with E-state index in [1.165, 1.54) is 31.5 Å². The van der Waals surface area contributed by atoms with E-state index in [1.54, 1.807) is 31.2 Å². The Balaban J connectivity index is 1.79. The molecule has 35 heavy (non-hydrogen) atoms. The maximum absolute atomic E-state index is 13.8. The second-order valence-electron chi connectivity index (χ2n) is 8.03. The standard InChI is InChI=1S/C26H18FN3O5/c1-12-7-14(11-30-24(12)27)16-8-13(3-5-19(16)33-2)21-18(10-28)25(29)35-23-17-9-15(31)4-6-20(17)34-26(32)22(21)23/h3-9,11,21,31H,29H2,1-2H3. The Morgan fingerprint density at radius 2 is 2.03 bits per heavy atom. The zero-order valence-electron chi connectivity index (χ0n) is 18.6. The van der Waals surface area contributed by atoms with Gasteiger partial charge in [0.15, 0.2) is 5.75 Å². The topological polar surface area (TPSA) is 132 Å². The molecule has 5 rings (SSSR count). The van der Waals surface area contributed by atoms with Crippen LogP contribution in [0.15, 0.2) is 69.3 Å². The van der Waals surface area contributed by atoms with E-state index in [4.69, 9.17) is 19.6 Å². The second-order valence-corrected chi connectivity index (χ2v) is 8.03. The number of fused-ring (bicyclic) bond motifs is 3. The molecular formula is C26H18FN3O5. The zero-order chi connectivity index (χ0) is 24.9. The van der Waals surface area contributed by atoms with Gasteiger partial charge in [-0.3, -0.25) is 0 Å². The molecule has 0 saturated heterocycles. The van der Waals surface area contributed by atoms with E-state index in [-0.39, 0.29) is 34.1 Å². The SMILES string of the molecule is COc1ccc(C2C(C#N)=C(N)Oc3c2c(=O)oc2ccc(O)cc32)cc1-c1cnc(F)c(C)c1. The molecule has 0 fully saturated rings. The van der Waals surface area contributed by atoms with Crippen molar-refractivity contribution in [2.24, 2.45) is 5.73 Å². The highest BCUT2D eigenvalue weighted by Crippen LogP contribution is 2.45. The highest BCUT2D eigenvalue weighted by Gasteiger charge is 2.36. The minimum absolute atomic E-state index is 0.0221. The van der Waals surface area contributed by atoms with E-state index in [9.17, 15) is 19.6 Å². The molecule has 0 saturated carbocycles. The predicted octanol–water partition coefficient (Wildman–Crippen LogP) is 4.23. The summed E-state index contributed by atoms with van der Waals surface area (Å²) in [4.78, 5) is 16.9. The summed E-state index contributed by atoms with van der Waals surface area (Å²) in [6.45, 7) is 1.60. The van der Waals surface area contributed by atoms with E-state index in [1.807, 2.05) is 6.07 Å². The number of pyridine rings is 1. The summed E-state index contributed by atoms with van der Waals surface area (Å²) in [5.74, 6) is -1.15. The number of allylic oxidation sites excluding steroid dienone is 1. The third-order valence-electron chi connectivity index (χ3n) is 5.93. The van der Waals surface area contributed by atoms with Crippen molar-refractivity contribution in [3.8, 4) is 34.4 Å². The lowest BCUT2D eigenvalue weighted by Crippen LogP contribution is -2.26. The first-order chi connectivity index (χ1) is 16.8. The summed E-state index contributed by atoms with van der Waals surface area (Å²) in [6, 6.07) is 13.0. The number of halogens is 1. The molecule has 1 aliphatic heterocycles. The lowest BCUT2D eigenvalue weighted by atomic mass is 9.82. The first kappa shape index (κ1) is 22.0. The number of methoxy groups -OCH3 is 1. The van der Waals surface area contributed by atoms with Gasteiger partial charge in [0.05, 0.1) is 24.0 Å². The van der Waals surface area contributed by atoms with E-state index >= 15 is 0 Å². The average molecular weight is 471 g/mol. The van der Waals surface area contributed by atoms with Gasteiger partial charge in [0.25, 0.3) is 0 Å². The molecule has 2 aromatic carbocycles. The molecule has 174 valence electrons. The minimum atomic E-state index is -0.925. The molecule has 0 radical (unpaired) electrons. The number of hydrogen-bond donors (Lipinski definition) is 2. The number of benzene rings is 2. The van der Waals surface area contributed by atoms with Gasteiger partial charge in [-0.15, -0.1) is 0 Å². The molecule has 9 heteroatoms. The van der Waals surface area contributed by atoms with E-state index in [0.29, 0.717) is 33.4 Å². The van der Waals surface area contributed by atoms with Crippen LogP contribution in [0.2, 0.25) is 0 Å². The minimum Gasteiger partial charge on any atom is -0.508 e. The maximum Gasteiger partial charge on any atom is 0.344 e. The smallest absolute Gasteiger partial charge is 0.344 e. The van der Waals surface area contributed by atoms with Crippen LogP contribution < -0.4 is 20.8 Å². The molecule has 2 aromatic heterocycles. The third-order valence-corrected chi connectivity index (χ3v) is 5.93. The van der Waals surface area contributed by atoms with Crippen LogP contribution in [0.25, 0.3) is 22.1 Å². The Morgan fingerprint density at radius 1 is 1.23 bits per heavy atom. The Kier molecular flexibility index (Phi) is 5.14. The van der Waals surface area contributed by atoms with Gasteiger partial charge in [0.2, 0.25) is 11.8 Å². The van der Waals surface area contributed by atoms with Crippen molar-refractivity contribution in [1.29, 1.82) is 5.26 Å². The van der Waals surface area contributed by atoms with Crippen molar-refractivity contribution in [2.45, 2.75) is 12.8 Å². The van der Waals surface area contributed by atoms with Crippen LogP contribution in [0.3, 0.4) is 0 Å². The summed E-state index contributed by atoms with van der Waals surface area (Å²) >= 11 is 0. The number of aromatic nitrogens is 1. The molecule has 4 aromatic rings. The fraction of sp³-hybridized carbons (Fsp3) is 0.115. The number of rotatable bonds is 3. The van der Waals surface area contributed by atoms with Crippen LogP contribution >= 0.6 is 0 Å². The number of aryl methyl sites for hydroxylation is 1. The van der Waals surface area contributed by atoms with Crippen LogP contribution in [0, 0.1) is 24.2 Å². The molecule has 1 unspecified atom stereocenters. The number of nitriles is 1. The van der Waals surface area contributed by atoms with Gasteiger partial charge in [-0.1, -0.05) is 6.07 Å². The van der Waals surface area contributed by atoms with Gasteiger partial charge < -0.3 is 24.7 Å². The summed E-state index contributed by atoms with van der Waals surface area (Å²) in [5.41, 5.74) is 7.73. The molecular weight excluding hydrogens is 453 g/mol. The zero-order valence-corrected chi connectivity index (χ0v) is 18.6. The first-order valence-electron chi connectivity index (χ1n) is 10.5. The van der Waals surface area contributed by atoms with Crippen LogP contribution in [0.1, 0.15) is 22.6 Å². The Bertz CT molecular complexity index is 1650. The van der Waals surface area contributed by atoms with Crippen molar-refractivity contribution >= 4 is 11.0 Å². The lowest BCUT2D eigenvalue weighted by molar-refractivity contribution is 0.387. The molecule has 0 spiro atoms. The predicted molar refractivity (Wildman–Crippen MR) is 124 cm³/mol. The van der Waals surface area contributed by atoms with Gasteiger partial charge in [0.1, 0.15) is 28.7 Å². The van der Waals surface area contributed by atoms with Crippen LogP contribution in [0.4, 0.5) is 4.39 Å². The summed E-state index contributed by atoms with van der Waals surface area (Å²) in [7, 11) is 1.50.